The number of hydrogen-bond acceptors (Lipinski definition) is 5. The third-order valence-corrected chi connectivity index (χ3v) is 6.89. The lowest BCUT2D eigenvalue weighted by Crippen LogP contribution is -2.57. The van der Waals surface area contributed by atoms with Crippen LogP contribution >= 0.6 is 0 Å². The summed E-state index contributed by atoms with van der Waals surface area (Å²) in [5.41, 5.74) is 0.953. The molecular formula is C27H36N4O4. The zero-order valence-corrected chi connectivity index (χ0v) is 20.7. The third-order valence-electron chi connectivity index (χ3n) is 6.89. The molecule has 0 bridgehead atoms. The topological polar surface area (TPSA) is 82.2 Å². The molecule has 2 heterocycles. The SMILES string of the molecule is CC(C)[C@H](NC(=O)Cc1cccc2ccccc12)C(=O)N1CCN(CC(=O)N2CCOCC2)CC1. The molecule has 2 aliphatic rings. The van der Waals surface area contributed by atoms with Crippen LogP contribution in [0.1, 0.15) is 19.4 Å². The van der Waals surface area contributed by atoms with Gasteiger partial charge in [-0.15, -0.1) is 0 Å². The normalized spacial score (nSPS) is 18.0. The molecule has 35 heavy (non-hydrogen) atoms. The van der Waals surface area contributed by atoms with Gasteiger partial charge in [0, 0.05) is 39.3 Å². The summed E-state index contributed by atoms with van der Waals surface area (Å²) in [5.74, 6) is -0.109. The van der Waals surface area contributed by atoms with E-state index in [1.807, 2.05) is 66.1 Å². The first kappa shape index (κ1) is 25.1. The fourth-order valence-electron chi connectivity index (χ4n) is 4.78. The van der Waals surface area contributed by atoms with Crippen LogP contribution in [-0.4, -0.2) is 97.5 Å². The van der Waals surface area contributed by atoms with Gasteiger partial charge < -0.3 is 19.9 Å². The number of ether oxygens (including phenoxy) is 1. The summed E-state index contributed by atoms with van der Waals surface area (Å²) in [4.78, 5) is 44.6. The van der Waals surface area contributed by atoms with Crippen LogP contribution in [0.4, 0.5) is 0 Å². The molecule has 0 unspecified atom stereocenters. The Morgan fingerprint density at radius 3 is 2.29 bits per heavy atom. The van der Waals surface area contributed by atoms with Crippen LogP contribution in [0.5, 0.6) is 0 Å². The predicted molar refractivity (Wildman–Crippen MR) is 135 cm³/mol. The maximum Gasteiger partial charge on any atom is 0.245 e. The van der Waals surface area contributed by atoms with E-state index in [0.717, 1.165) is 16.3 Å². The maximum absolute atomic E-state index is 13.3. The highest BCUT2D eigenvalue weighted by atomic mass is 16.5. The van der Waals surface area contributed by atoms with Crippen LogP contribution < -0.4 is 5.32 Å². The molecular weight excluding hydrogens is 444 g/mol. The Balaban J connectivity index is 1.30. The highest BCUT2D eigenvalue weighted by Crippen LogP contribution is 2.19. The lowest BCUT2D eigenvalue weighted by Gasteiger charge is -2.38. The van der Waals surface area contributed by atoms with E-state index in [4.69, 9.17) is 4.74 Å². The number of nitrogens with one attached hydrogen (secondary N) is 1. The van der Waals surface area contributed by atoms with Gasteiger partial charge in [-0.25, -0.2) is 0 Å². The van der Waals surface area contributed by atoms with E-state index in [9.17, 15) is 14.4 Å². The molecule has 0 saturated carbocycles. The molecule has 0 radical (unpaired) electrons. The number of carbonyl (C=O) groups excluding carboxylic acids is 3. The van der Waals surface area contributed by atoms with E-state index < -0.39 is 6.04 Å². The van der Waals surface area contributed by atoms with Crippen LogP contribution in [0.2, 0.25) is 0 Å². The van der Waals surface area contributed by atoms with Gasteiger partial charge in [0.15, 0.2) is 0 Å². The smallest absolute Gasteiger partial charge is 0.245 e. The lowest BCUT2D eigenvalue weighted by atomic mass is 9.99. The molecule has 0 spiro atoms. The van der Waals surface area contributed by atoms with Crippen molar-refractivity contribution >= 4 is 28.5 Å². The summed E-state index contributed by atoms with van der Waals surface area (Å²) in [6.45, 7) is 9.17. The fraction of sp³-hybridized carbons (Fsp3) is 0.519. The Morgan fingerprint density at radius 2 is 1.57 bits per heavy atom. The van der Waals surface area contributed by atoms with Gasteiger partial charge in [-0.3, -0.25) is 19.3 Å². The molecule has 0 aromatic heterocycles. The van der Waals surface area contributed by atoms with Crippen LogP contribution in [-0.2, 0) is 25.5 Å². The largest absolute Gasteiger partial charge is 0.378 e. The Bertz CT molecular complexity index is 1040. The highest BCUT2D eigenvalue weighted by Gasteiger charge is 2.31. The van der Waals surface area contributed by atoms with Crippen molar-refractivity contribution in [1.82, 2.24) is 20.0 Å². The summed E-state index contributed by atoms with van der Waals surface area (Å²) < 4.78 is 5.32. The molecule has 3 amide bonds. The van der Waals surface area contributed by atoms with E-state index in [0.29, 0.717) is 59.0 Å². The van der Waals surface area contributed by atoms with Crippen LogP contribution in [0.15, 0.2) is 42.5 Å². The number of fused-ring (bicyclic) bond motifs is 1. The van der Waals surface area contributed by atoms with Gasteiger partial charge in [-0.05, 0) is 22.3 Å². The van der Waals surface area contributed by atoms with E-state index in [-0.39, 0.29) is 30.1 Å². The second-order valence-corrected chi connectivity index (χ2v) is 9.70. The average molecular weight is 481 g/mol. The standard InChI is InChI=1S/C27H36N4O4/c1-20(2)26(28-24(32)18-22-8-5-7-21-6-3-4-9-23(21)22)27(34)31-12-10-29(11-13-31)19-25(33)30-14-16-35-17-15-30/h3-9,20,26H,10-19H2,1-2H3,(H,28,32)/t26-/m0/s1. The number of benzene rings is 2. The van der Waals surface area contributed by atoms with Gasteiger partial charge in [-0.1, -0.05) is 56.3 Å². The van der Waals surface area contributed by atoms with Gasteiger partial charge in [-0.2, -0.15) is 0 Å². The summed E-state index contributed by atoms with van der Waals surface area (Å²) in [6, 6.07) is 13.4. The Kier molecular flexibility index (Phi) is 8.36. The van der Waals surface area contributed by atoms with Crippen LogP contribution in [0.25, 0.3) is 10.8 Å². The number of carbonyl (C=O) groups is 3. The van der Waals surface area contributed by atoms with Crippen molar-refractivity contribution in [2.75, 3.05) is 59.0 Å². The predicted octanol–water partition coefficient (Wildman–Crippen LogP) is 1.53. The molecule has 8 heteroatoms. The molecule has 2 saturated heterocycles. The molecule has 2 aromatic rings. The quantitative estimate of drug-likeness (QED) is 0.650. The van der Waals surface area contributed by atoms with Crippen molar-refractivity contribution in [3.05, 3.63) is 48.0 Å². The first-order chi connectivity index (χ1) is 16.9. The van der Waals surface area contributed by atoms with E-state index in [2.05, 4.69) is 10.2 Å². The van der Waals surface area contributed by atoms with Gasteiger partial charge in [0.05, 0.1) is 26.2 Å². The monoisotopic (exact) mass is 480 g/mol. The van der Waals surface area contributed by atoms with Crippen molar-refractivity contribution in [2.45, 2.75) is 26.3 Å². The van der Waals surface area contributed by atoms with Gasteiger partial charge in [0.2, 0.25) is 17.7 Å². The second kappa shape index (κ2) is 11.6. The van der Waals surface area contributed by atoms with Crippen molar-refractivity contribution in [3.8, 4) is 0 Å². The Hall–Kier alpha value is -2.97. The van der Waals surface area contributed by atoms with Gasteiger partial charge >= 0.3 is 0 Å². The van der Waals surface area contributed by atoms with Crippen molar-refractivity contribution in [1.29, 1.82) is 0 Å². The molecule has 8 nitrogen and oxygen atoms in total. The van der Waals surface area contributed by atoms with E-state index in [1.165, 1.54) is 0 Å². The minimum Gasteiger partial charge on any atom is -0.378 e. The molecule has 1 atom stereocenters. The van der Waals surface area contributed by atoms with Gasteiger partial charge in [0.25, 0.3) is 0 Å². The summed E-state index contributed by atoms with van der Waals surface area (Å²) in [6.07, 6.45) is 0.231. The Labute approximate surface area is 207 Å². The Morgan fingerprint density at radius 1 is 0.886 bits per heavy atom. The highest BCUT2D eigenvalue weighted by molar-refractivity contribution is 5.92. The van der Waals surface area contributed by atoms with Crippen LogP contribution in [0.3, 0.4) is 0 Å². The van der Waals surface area contributed by atoms with Crippen LogP contribution in [0, 0.1) is 5.92 Å². The van der Waals surface area contributed by atoms with E-state index in [1.54, 1.807) is 0 Å². The van der Waals surface area contributed by atoms with Crippen molar-refractivity contribution in [2.24, 2.45) is 5.92 Å². The number of rotatable bonds is 7. The zero-order valence-electron chi connectivity index (χ0n) is 20.7. The fourth-order valence-corrected chi connectivity index (χ4v) is 4.78. The number of nitrogens with zero attached hydrogens (tertiary/aromatic N) is 3. The molecule has 4 rings (SSSR count). The molecule has 2 aromatic carbocycles. The minimum absolute atomic E-state index is 0.0279. The average Bonchev–Trinajstić information content (AvgIpc) is 2.88. The second-order valence-electron chi connectivity index (χ2n) is 9.70. The molecule has 0 aliphatic carbocycles. The number of piperazine rings is 1. The molecule has 2 fully saturated rings. The first-order valence-corrected chi connectivity index (χ1v) is 12.5. The lowest BCUT2D eigenvalue weighted by molar-refractivity contribution is -0.140. The van der Waals surface area contributed by atoms with E-state index >= 15 is 0 Å². The molecule has 1 N–H and O–H groups in total. The number of hydrogen-bond donors (Lipinski definition) is 1. The molecule has 188 valence electrons. The number of amides is 3. The minimum atomic E-state index is -0.570. The third kappa shape index (κ3) is 6.38. The number of morpholine rings is 1. The summed E-state index contributed by atoms with van der Waals surface area (Å²) in [7, 11) is 0. The molecule has 2 aliphatic heterocycles. The van der Waals surface area contributed by atoms with Crippen molar-refractivity contribution < 1.29 is 19.1 Å². The zero-order chi connectivity index (χ0) is 24.8. The maximum atomic E-state index is 13.3. The summed E-state index contributed by atoms with van der Waals surface area (Å²) in [5, 5.41) is 5.15. The van der Waals surface area contributed by atoms with Gasteiger partial charge in [0.1, 0.15) is 6.04 Å². The summed E-state index contributed by atoms with van der Waals surface area (Å²) >= 11 is 0. The first-order valence-electron chi connectivity index (χ1n) is 12.5. The van der Waals surface area contributed by atoms with Crippen molar-refractivity contribution in [3.63, 3.8) is 0 Å².